The Balaban J connectivity index is 2.05. The van der Waals surface area contributed by atoms with Crippen molar-refractivity contribution in [2.45, 2.75) is 49.3 Å². The predicted molar refractivity (Wildman–Crippen MR) is 101 cm³/mol. The van der Waals surface area contributed by atoms with Crippen LogP contribution in [-0.2, 0) is 27.1 Å². The van der Waals surface area contributed by atoms with Gasteiger partial charge in [0.2, 0.25) is 0 Å². The zero-order chi connectivity index (χ0) is 18.5. The highest BCUT2D eigenvalue weighted by atomic mass is 32.2. The van der Waals surface area contributed by atoms with Crippen molar-refractivity contribution < 1.29 is 14.3 Å². The molecule has 0 saturated carbocycles. The number of hydrogen-bond acceptors (Lipinski definition) is 7. The van der Waals surface area contributed by atoms with Gasteiger partial charge >= 0.3 is 5.97 Å². The lowest BCUT2D eigenvalue weighted by Crippen LogP contribution is -2.38. The second-order valence-corrected chi connectivity index (χ2v) is 7.72. The Kier molecular flexibility index (Phi) is 6.38. The first kappa shape index (κ1) is 19.0. The van der Waals surface area contributed by atoms with Crippen LogP contribution >= 0.6 is 11.8 Å². The Hall–Kier alpha value is -1.78. The number of carbonyl (C=O) groups is 1. The molecule has 1 atom stereocenters. The Bertz CT molecular complexity index is 711. The molecule has 0 radical (unpaired) electrons. The first-order valence-corrected chi connectivity index (χ1v) is 10.1. The lowest BCUT2D eigenvalue weighted by molar-refractivity contribution is -0.140. The van der Waals surface area contributed by atoms with E-state index in [1.54, 1.807) is 0 Å². The second-order valence-electron chi connectivity index (χ2n) is 6.53. The fourth-order valence-electron chi connectivity index (χ4n) is 3.58. The summed E-state index contributed by atoms with van der Waals surface area (Å²) in [4.78, 5) is 19.2. The summed E-state index contributed by atoms with van der Waals surface area (Å²) in [5.41, 5.74) is 2.98. The number of ether oxygens (including phenoxy) is 2. The molecule has 2 aliphatic rings. The number of morpholine rings is 1. The summed E-state index contributed by atoms with van der Waals surface area (Å²) in [6, 6.07) is 2.36. The topological polar surface area (TPSA) is 75.5 Å². The van der Waals surface area contributed by atoms with E-state index >= 15 is 0 Å². The number of carbonyl (C=O) groups excluding carboxylic acids is 1. The molecule has 26 heavy (non-hydrogen) atoms. The molecule has 6 nitrogen and oxygen atoms in total. The van der Waals surface area contributed by atoms with Gasteiger partial charge in [-0.1, -0.05) is 18.7 Å². The fourth-order valence-corrected chi connectivity index (χ4v) is 4.63. The summed E-state index contributed by atoms with van der Waals surface area (Å²) < 4.78 is 10.4. The van der Waals surface area contributed by atoms with Crippen LogP contribution in [0.25, 0.3) is 0 Å². The molecule has 7 heteroatoms. The van der Waals surface area contributed by atoms with Crippen molar-refractivity contribution in [2.24, 2.45) is 0 Å². The number of pyridine rings is 1. The quantitative estimate of drug-likeness (QED) is 0.578. The van der Waals surface area contributed by atoms with Crippen molar-refractivity contribution in [2.75, 3.05) is 38.3 Å². The minimum absolute atomic E-state index is 0.270. The van der Waals surface area contributed by atoms with Gasteiger partial charge in [0.1, 0.15) is 22.2 Å². The van der Waals surface area contributed by atoms with E-state index in [0.717, 1.165) is 50.2 Å². The molecule has 0 spiro atoms. The molecular weight excluding hydrogens is 350 g/mol. The molecule has 2 heterocycles. The number of nitriles is 1. The van der Waals surface area contributed by atoms with E-state index in [2.05, 4.69) is 11.0 Å². The Morgan fingerprint density at radius 1 is 1.35 bits per heavy atom. The van der Waals surface area contributed by atoms with Crippen molar-refractivity contribution in [3.63, 3.8) is 0 Å². The van der Waals surface area contributed by atoms with Gasteiger partial charge in [-0.05, 0) is 43.2 Å². The van der Waals surface area contributed by atoms with Crippen LogP contribution in [-0.4, -0.2) is 49.6 Å². The molecule has 0 bridgehead atoms. The van der Waals surface area contributed by atoms with E-state index in [9.17, 15) is 10.1 Å². The normalized spacial score (nSPS) is 18.0. The van der Waals surface area contributed by atoms with Crippen molar-refractivity contribution in [1.29, 1.82) is 5.26 Å². The van der Waals surface area contributed by atoms with E-state index in [-0.39, 0.29) is 11.2 Å². The second kappa shape index (κ2) is 8.74. The number of hydrogen-bond donors (Lipinski definition) is 0. The van der Waals surface area contributed by atoms with Crippen molar-refractivity contribution in [3.8, 4) is 6.07 Å². The summed E-state index contributed by atoms with van der Waals surface area (Å²) in [5.74, 6) is 0.707. The van der Waals surface area contributed by atoms with Crippen LogP contribution in [0.1, 0.15) is 42.9 Å². The first-order valence-electron chi connectivity index (χ1n) is 9.22. The van der Waals surface area contributed by atoms with Crippen LogP contribution in [0, 0.1) is 11.3 Å². The largest absolute Gasteiger partial charge is 0.468 e. The highest BCUT2D eigenvalue weighted by molar-refractivity contribution is 8.00. The standard InChI is InChI=1S/C19H25N3O3S/c1-3-16(19(23)24-2)26-18-15(12-20)13-6-4-5-7-14(13)17(21-18)22-8-10-25-11-9-22/h16H,3-11H2,1-2H3/t16-/m0/s1. The van der Waals surface area contributed by atoms with Crippen molar-refractivity contribution >= 4 is 23.5 Å². The third-order valence-electron chi connectivity index (χ3n) is 4.97. The number of anilines is 1. The average Bonchev–Trinajstić information content (AvgIpc) is 2.71. The number of methoxy groups -OCH3 is 1. The highest BCUT2D eigenvalue weighted by Crippen LogP contribution is 2.38. The third kappa shape index (κ3) is 3.81. The Morgan fingerprint density at radius 2 is 2.04 bits per heavy atom. The summed E-state index contributed by atoms with van der Waals surface area (Å²) in [5, 5.41) is 10.1. The maximum absolute atomic E-state index is 12.0. The molecule has 140 valence electrons. The maximum atomic E-state index is 12.0. The zero-order valence-corrected chi connectivity index (χ0v) is 16.2. The Morgan fingerprint density at radius 3 is 2.65 bits per heavy atom. The highest BCUT2D eigenvalue weighted by Gasteiger charge is 2.28. The van der Waals surface area contributed by atoms with E-state index < -0.39 is 0 Å². The lowest BCUT2D eigenvalue weighted by atomic mass is 9.89. The van der Waals surface area contributed by atoms with Crippen LogP contribution in [0.4, 0.5) is 5.82 Å². The van der Waals surface area contributed by atoms with Gasteiger partial charge in [0, 0.05) is 13.1 Å². The van der Waals surface area contributed by atoms with Gasteiger partial charge in [0.05, 0.1) is 25.9 Å². The number of rotatable bonds is 5. The molecule has 1 fully saturated rings. The summed E-state index contributed by atoms with van der Waals surface area (Å²) >= 11 is 1.36. The summed E-state index contributed by atoms with van der Waals surface area (Å²) in [7, 11) is 1.40. The third-order valence-corrected chi connectivity index (χ3v) is 6.30. The monoisotopic (exact) mass is 375 g/mol. The lowest BCUT2D eigenvalue weighted by Gasteiger charge is -2.32. The molecule has 0 unspecified atom stereocenters. The number of aromatic nitrogens is 1. The summed E-state index contributed by atoms with van der Waals surface area (Å²) in [6.45, 7) is 4.95. The smallest absolute Gasteiger partial charge is 0.319 e. The zero-order valence-electron chi connectivity index (χ0n) is 15.4. The molecule has 1 saturated heterocycles. The fraction of sp³-hybridized carbons (Fsp3) is 0.632. The molecule has 0 amide bonds. The van der Waals surface area contributed by atoms with E-state index in [1.165, 1.54) is 24.4 Å². The van der Waals surface area contributed by atoms with Gasteiger partial charge < -0.3 is 14.4 Å². The molecule has 1 aliphatic heterocycles. The van der Waals surface area contributed by atoms with Gasteiger partial charge in [-0.15, -0.1) is 0 Å². The van der Waals surface area contributed by atoms with Gasteiger partial charge in [0.25, 0.3) is 0 Å². The van der Waals surface area contributed by atoms with E-state index in [1.807, 2.05) is 6.92 Å². The van der Waals surface area contributed by atoms with Crippen LogP contribution in [0.15, 0.2) is 5.03 Å². The van der Waals surface area contributed by atoms with Crippen molar-refractivity contribution in [1.82, 2.24) is 4.98 Å². The molecule has 3 rings (SSSR count). The van der Waals surface area contributed by atoms with E-state index in [4.69, 9.17) is 14.5 Å². The van der Waals surface area contributed by atoms with E-state index in [0.29, 0.717) is 30.2 Å². The van der Waals surface area contributed by atoms with Gasteiger partial charge in [-0.3, -0.25) is 4.79 Å². The SMILES string of the molecule is CC[C@H](Sc1nc(N2CCOCC2)c2c(c1C#N)CCCC2)C(=O)OC. The average molecular weight is 375 g/mol. The molecular formula is C19H25N3O3S. The molecule has 0 N–H and O–H groups in total. The molecule has 0 aromatic carbocycles. The maximum Gasteiger partial charge on any atom is 0.319 e. The van der Waals surface area contributed by atoms with Crippen molar-refractivity contribution in [3.05, 3.63) is 16.7 Å². The number of nitrogens with zero attached hydrogens (tertiary/aromatic N) is 3. The summed E-state index contributed by atoms with van der Waals surface area (Å²) in [6.07, 6.45) is 4.72. The van der Waals surface area contributed by atoms with Gasteiger partial charge in [-0.2, -0.15) is 5.26 Å². The van der Waals surface area contributed by atoms with Crippen LogP contribution in [0.3, 0.4) is 0 Å². The van der Waals surface area contributed by atoms with Gasteiger partial charge in [0.15, 0.2) is 0 Å². The number of fused-ring (bicyclic) bond motifs is 1. The minimum atomic E-state index is -0.348. The number of esters is 1. The Labute approximate surface area is 158 Å². The first-order chi connectivity index (χ1) is 12.7. The van der Waals surface area contributed by atoms with Crippen LogP contribution in [0.2, 0.25) is 0 Å². The van der Waals surface area contributed by atoms with Crippen LogP contribution < -0.4 is 4.90 Å². The molecule has 1 aliphatic carbocycles. The van der Waals surface area contributed by atoms with Crippen LogP contribution in [0.5, 0.6) is 0 Å². The molecule has 1 aromatic rings. The predicted octanol–water partition coefficient (Wildman–Crippen LogP) is 2.71. The number of thioether (sulfide) groups is 1. The minimum Gasteiger partial charge on any atom is -0.468 e. The molecule has 1 aromatic heterocycles. The van der Waals surface area contributed by atoms with Gasteiger partial charge in [-0.25, -0.2) is 4.98 Å².